The minimum Gasteiger partial charge on any atom is -0.348 e. The van der Waals surface area contributed by atoms with Gasteiger partial charge >= 0.3 is 0 Å². The van der Waals surface area contributed by atoms with Crippen LogP contribution in [-0.2, 0) is 4.79 Å². The Labute approximate surface area is 148 Å². The average molecular weight is 357 g/mol. The molecule has 3 rings (SSSR count). The lowest BCUT2D eigenvalue weighted by atomic mass is 10.2. The predicted molar refractivity (Wildman–Crippen MR) is 96.7 cm³/mol. The molecule has 0 aliphatic rings. The van der Waals surface area contributed by atoms with E-state index in [4.69, 9.17) is 0 Å². The van der Waals surface area contributed by atoms with E-state index in [2.05, 4.69) is 4.98 Å². The van der Waals surface area contributed by atoms with Crippen molar-refractivity contribution >= 4 is 28.6 Å². The number of carbonyl (C=O) groups is 1. The fourth-order valence-corrected chi connectivity index (χ4v) is 3.27. The topological polar surface area (TPSA) is 55.2 Å². The third-order valence-corrected chi connectivity index (χ3v) is 4.58. The molecule has 0 aliphatic heterocycles. The molecular weight excluding hydrogens is 341 g/mol. The number of carbonyl (C=O) groups excluding carboxylic acids is 1. The zero-order chi connectivity index (χ0) is 18.0. The second kappa shape index (κ2) is 7.06. The summed E-state index contributed by atoms with van der Waals surface area (Å²) in [5, 5.41) is 0.862. The van der Waals surface area contributed by atoms with E-state index >= 15 is 0 Å². The van der Waals surface area contributed by atoms with Crippen LogP contribution < -0.4 is 5.56 Å². The van der Waals surface area contributed by atoms with E-state index in [0.29, 0.717) is 21.7 Å². The van der Waals surface area contributed by atoms with Crippen LogP contribution in [0.4, 0.5) is 4.39 Å². The van der Waals surface area contributed by atoms with E-state index < -0.39 is 0 Å². The second-order valence-electron chi connectivity index (χ2n) is 5.61. The molecule has 0 bridgehead atoms. The molecule has 0 atom stereocenters. The van der Waals surface area contributed by atoms with Crippen LogP contribution in [0.5, 0.6) is 0 Å². The number of amides is 1. The first-order valence-corrected chi connectivity index (χ1v) is 8.56. The largest absolute Gasteiger partial charge is 0.348 e. The minimum absolute atomic E-state index is 0.0851. The van der Waals surface area contributed by atoms with Crippen LogP contribution in [-0.4, -0.2) is 40.2 Å². The molecule has 1 heterocycles. The number of rotatable bonds is 4. The fraction of sp³-hybridized carbons (Fsp3) is 0.167. The van der Waals surface area contributed by atoms with Gasteiger partial charge in [0.05, 0.1) is 22.3 Å². The molecule has 0 saturated heterocycles. The lowest BCUT2D eigenvalue weighted by molar-refractivity contribution is -0.125. The molecule has 5 nitrogen and oxygen atoms in total. The van der Waals surface area contributed by atoms with Crippen LogP contribution in [0.2, 0.25) is 0 Å². The average Bonchev–Trinajstić information content (AvgIpc) is 2.61. The van der Waals surface area contributed by atoms with Gasteiger partial charge in [-0.1, -0.05) is 23.9 Å². The number of nitrogens with zero attached hydrogens (tertiary/aromatic N) is 3. The molecule has 1 amide bonds. The zero-order valence-electron chi connectivity index (χ0n) is 13.8. The van der Waals surface area contributed by atoms with Crippen molar-refractivity contribution in [2.45, 2.75) is 5.16 Å². The van der Waals surface area contributed by atoms with Crippen molar-refractivity contribution in [1.29, 1.82) is 0 Å². The van der Waals surface area contributed by atoms with Crippen molar-refractivity contribution in [2.75, 3.05) is 19.8 Å². The quantitative estimate of drug-likeness (QED) is 0.532. The molecule has 0 saturated carbocycles. The van der Waals surface area contributed by atoms with E-state index in [0.717, 1.165) is 0 Å². The van der Waals surface area contributed by atoms with Gasteiger partial charge in [0.15, 0.2) is 5.16 Å². The van der Waals surface area contributed by atoms with Crippen LogP contribution >= 0.6 is 11.8 Å². The Bertz CT molecular complexity index is 984. The van der Waals surface area contributed by atoms with Gasteiger partial charge in [-0.05, 0) is 36.4 Å². The summed E-state index contributed by atoms with van der Waals surface area (Å²) in [6, 6.07) is 12.6. The van der Waals surface area contributed by atoms with Crippen LogP contribution in [0.15, 0.2) is 58.5 Å². The maximum atomic E-state index is 13.2. The fourth-order valence-electron chi connectivity index (χ4n) is 2.28. The highest BCUT2D eigenvalue weighted by Gasteiger charge is 2.15. The lowest BCUT2D eigenvalue weighted by Gasteiger charge is -2.14. The summed E-state index contributed by atoms with van der Waals surface area (Å²) in [5.41, 5.74) is 0.812. The Morgan fingerprint density at radius 2 is 1.84 bits per heavy atom. The Hall–Kier alpha value is -2.67. The van der Waals surface area contributed by atoms with E-state index in [-0.39, 0.29) is 23.0 Å². The van der Waals surface area contributed by atoms with Gasteiger partial charge in [0, 0.05) is 14.1 Å². The smallest absolute Gasteiger partial charge is 0.266 e. The summed E-state index contributed by atoms with van der Waals surface area (Å²) < 4.78 is 14.7. The molecule has 128 valence electrons. The molecular formula is C18H16FN3O2S. The Morgan fingerprint density at radius 3 is 2.52 bits per heavy atom. The third kappa shape index (κ3) is 3.56. The van der Waals surface area contributed by atoms with E-state index in [9.17, 15) is 14.0 Å². The normalized spacial score (nSPS) is 10.8. The Balaban J connectivity index is 2.15. The highest BCUT2D eigenvalue weighted by atomic mass is 32.2. The molecule has 0 N–H and O–H groups in total. The highest BCUT2D eigenvalue weighted by Crippen LogP contribution is 2.21. The molecule has 2 aromatic carbocycles. The number of benzene rings is 2. The molecule has 0 spiro atoms. The summed E-state index contributed by atoms with van der Waals surface area (Å²) in [4.78, 5) is 30.8. The molecule has 7 heteroatoms. The van der Waals surface area contributed by atoms with Gasteiger partial charge in [-0.15, -0.1) is 0 Å². The Kier molecular flexibility index (Phi) is 4.85. The molecule has 0 fully saturated rings. The van der Waals surface area contributed by atoms with Gasteiger partial charge in [0.25, 0.3) is 5.56 Å². The zero-order valence-corrected chi connectivity index (χ0v) is 14.6. The molecule has 25 heavy (non-hydrogen) atoms. The summed E-state index contributed by atoms with van der Waals surface area (Å²) in [5.74, 6) is -0.320. The van der Waals surface area contributed by atoms with Crippen molar-refractivity contribution < 1.29 is 9.18 Å². The standard InChI is InChI=1S/C18H16FN3O2S/c1-21(2)16(23)11-25-18-20-15-6-4-3-5-14(15)17(24)22(18)13-9-7-12(19)8-10-13/h3-10H,11H2,1-2H3. The first-order chi connectivity index (χ1) is 12.0. The lowest BCUT2D eigenvalue weighted by Crippen LogP contribution is -2.25. The molecule has 3 aromatic rings. The molecule has 0 unspecified atom stereocenters. The van der Waals surface area contributed by atoms with Crippen molar-refractivity contribution in [3.63, 3.8) is 0 Å². The summed E-state index contributed by atoms with van der Waals surface area (Å²) in [6.45, 7) is 0. The van der Waals surface area contributed by atoms with Crippen LogP contribution in [0, 0.1) is 5.82 Å². The van der Waals surface area contributed by atoms with Crippen LogP contribution in [0.25, 0.3) is 16.6 Å². The van der Waals surface area contributed by atoms with E-state index in [1.54, 1.807) is 38.4 Å². The van der Waals surface area contributed by atoms with Crippen molar-refractivity contribution in [2.24, 2.45) is 0 Å². The number of thioether (sulfide) groups is 1. The maximum Gasteiger partial charge on any atom is 0.266 e. The monoisotopic (exact) mass is 357 g/mol. The van der Waals surface area contributed by atoms with Crippen molar-refractivity contribution in [1.82, 2.24) is 14.5 Å². The minimum atomic E-state index is -0.387. The maximum absolute atomic E-state index is 13.2. The number of para-hydroxylation sites is 1. The van der Waals surface area contributed by atoms with Gasteiger partial charge in [-0.2, -0.15) is 0 Å². The van der Waals surface area contributed by atoms with Crippen molar-refractivity contribution in [3.05, 3.63) is 64.7 Å². The molecule has 1 aromatic heterocycles. The molecule has 0 radical (unpaired) electrons. The molecule has 0 aliphatic carbocycles. The summed E-state index contributed by atoms with van der Waals surface area (Å²) >= 11 is 1.18. The van der Waals surface area contributed by atoms with Gasteiger partial charge < -0.3 is 4.90 Å². The number of aromatic nitrogens is 2. The summed E-state index contributed by atoms with van der Waals surface area (Å²) in [6.07, 6.45) is 0. The second-order valence-corrected chi connectivity index (χ2v) is 6.55. The third-order valence-electron chi connectivity index (χ3n) is 3.65. The predicted octanol–water partition coefficient (Wildman–Crippen LogP) is 2.71. The number of hydrogen-bond donors (Lipinski definition) is 0. The number of hydrogen-bond acceptors (Lipinski definition) is 4. The van der Waals surface area contributed by atoms with Gasteiger partial charge in [-0.3, -0.25) is 14.2 Å². The van der Waals surface area contributed by atoms with Crippen LogP contribution in [0.3, 0.4) is 0 Å². The van der Waals surface area contributed by atoms with Crippen molar-refractivity contribution in [3.8, 4) is 5.69 Å². The first-order valence-electron chi connectivity index (χ1n) is 7.58. The van der Waals surface area contributed by atoms with Gasteiger partial charge in [-0.25, -0.2) is 9.37 Å². The van der Waals surface area contributed by atoms with E-state index in [1.807, 2.05) is 0 Å². The van der Waals surface area contributed by atoms with Crippen LogP contribution in [0.1, 0.15) is 0 Å². The van der Waals surface area contributed by atoms with Gasteiger partial charge in [0.2, 0.25) is 5.91 Å². The number of halogens is 1. The number of fused-ring (bicyclic) bond motifs is 1. The first kappa shape index (κ1) is 17.2. The van der Waals surface area contributed by atoms with E-state index in [1.165, 1.54) is 45.5 Å². The SMILES string of the molecule is CN(C)C(=O)CSc1nc2ccccc2c(=O)n1-c1ccc(F)cc1. The van der Waals surface area contributed by atoms with Gasteiger partial charge in [0.1, 0.15) is 5.82 Å². The Morgan fingerprint density at radius 1 is 1.16 bits per heavy atom. The summed E-state index contributed by atoms with van der Waals surface area (Å²) in [7, 11) is 3.34. The highest BCUT2D eigenvalue weighted by molar-refractivity contribution is 7.99.